The van der Waals surface area contributed by atoms with Crippen LogP contribution in [0.2, 0.25) is 0 Å². The van der Waals surface area contributed by atoms with E-state index in [1.54, 1.807) is 17.0 Å². The highest BCUT2D eigenvalue weighted by Gasteiger charge is 2.34. The summed E-state index contributed by atoms with van der Waals surface area (Å²) in [6.45, 7) is 8.61. The standard InChI is InChI=1S/C32H29BrN2O3/c1-20-7-5-8-23(19-20)34(29(36)21-11-13-22(14-12-21)32(2,3)4)17-18-35-30(37)25-10-6-9-24-27(33)16-15-26(28(24)25)31(35)38/h5-16,19H,17-18H2,1-4H3. The fraction of sp³-hybridized carbons (Fsp3) is 0.219. The Kier molecular flexibility index (Phi) is 6.70. The van der Waals surface area contributed by atoms with Gasteiger partial charge >= 0.3 is 0 Å². The first-order valence-corrected chi connectivity index (χ1v) is 13.4. The molecule has 38 heavy (non-hydrogen) atoms. The second kappa shape index (κ2) is 9.84. The van der Waals surface area contributed by atoms with E-state index in [1.807, 2.05) is 73.7 Å². The summed E-state index contributed by atoms with van der Waals surface area (Å²) in [5, 5.41) is 1.50. The number of halogens is 1. The molecule has 1 aliphatic heterocycles. The lowest BCUT2D eigenvalue weighted by molar-refractivity contribution is 0.0611. The van der Waals surface area contributed by atoms with Gasteiger partial charge in [-0.25, -0.2) is 0 Å². The maximum absolute atomic E-state index is 13.8. The van der Waals surface area contributed by atoms with Crippen molar-refractivity contribution in [3.05, 3.63) is 111 Å². The van der Waals surface area contributed by atoms with Crippen molar-refractivity contribution in [3.8, 4) is 0 Å². The van der Waals surface area contributed by atoms with Crippen LogP contribution in [0.1, 0.15) is 63.0 Å². The van der Waals surface area contributed by atoms with Crippen LogP contribution in [0.3, 0.4) is 0 Å². The van der Waals surface area contributed by atoms with E-state index in [-0.39, 0.29) is 36.2 Å². The van der Waals surface area contributed by atoms with Gasteiger partial charge in [-0.3, -0.25) is 19.3 Å². The fourth-order valence-electron chi connectivity index (χ4n) is 4.93. The Morgan fingerprint density at radius 1 is 0.868 bits per heavy atom. The molecule has 1 aliphatic rings. The van der Waals surface area contributed by atoms with Crippen molar-refractivity contribution in [3.63, 3.8) is 0 Å². The van der Waals surface area contributed by atoms with Crippen molar-refractivity contribution in [1.29, 1.82) is 0 Å². The SMILES string of the molecule is Cc1cccc(N(CCN2C(=O)c3cccc4c(Br)ccc(c34)C2=O)C(=O)c2ccc(C(C)(C)C)cc2)c1. The molecule has 0 unspecified atom stereocenters. The van der Waals surface area contributed by atoms with Crippen molar-refractivity contribution < 1.29 is 14.4 Å². The summed E-state index contributed by atoms with van der Waals surface area (Å²) in [5.41, 5.74) is 4.38. The number of benzene rings is 4. The van der Waals surface area contributed by atoms with Gasteiger partial charge in [0.2, 0.25) is 0 Å². The van der Waals surface area contributed by atoms with Gasteiger partial charge in [0.1, 0.15) is 0 Å². The first-order chi connectivity index (χ1) is 18.1. The van der Waals surface area contributed by atoms with Gasteiger partial charge in [0.05, 0.1) is 0 Å². The Labute approximate surface area is 231 Å². The van der Waals surface area contributed by atoms with Gasteiger partial charge in [0.15, 0.2) is 0 Å². The van der Waals surface area contributed by atoms with Crippen LogP contribution in [0, 0.1) is 6.92 Å². The zero-order valence-corrected chi connectivity index (χ0v) is 23.5. The number of carbonyl (C=O) groups excluding carboxylic acids is 3. The second-order valence-electron chi connectivity index (χ2n) is 10.7. The lowest BCUT2D eigenvalue weighted by Gasteiger charge is -2.30. The molecule has 4 aromatic carbocycles. The summed E-state index contributed by atoms with van der Waals surface area (Å²) >= 11 is 3.53. The van der Waals surface area contributed by atoms with E-state index in [1.165, 1.54) is 4.90 Å². The van der Waals surface area contributed by atoms with Crippen LogP contribution in [-0.4, -0.2) is 35.7 Å². The third-order valence-corrected chi connectivity index (χ3v) is 7.73. The molecule has 0 aliphatic carbocycles. The van der Waals surface area contributed by atoms with E-state index in [0.29, 0.717) is 22.1 Å². The Bertz CT molecular complexity index is 1560. The summed E-state index contributed by atoms with van der Waals surface area (Å²) in [6.07, 6.45) is 0. The number of rotatable bonds is 5. The molecule has 5 nitrogen and oxygen atoms in total. The highest BCUT2D eigenvalue weighted by molar-refractivity contribution is 9.10. The lowest BCUT2D eigenvalue weighted by Crippen LogP contribution is -2.46. The minimum Gasteiger partial charge on any atom is -0.307 e. The van der Waals surface area contributed by atoms with Crippen LogP contribution in [0.15, 0.2) is 83.3 Å². The van der Waals surface area contributed by atoms with Crippen LogP contribution in [0.4, 0.5) is 5.69 Å². The minimum absolute atomic E-state index is 0.0263. The monoisotopic (exact) mass is 568 g/mol. The van der Waals surface area contributed by atoms with Crippen LogP contribution < -0.4 is 4.90 Å². The summed E-state index contributed by atoms with van der Waals surface area (Å²) in [5.74, 6) is -0.880. The van der Waals surface area contributed by atoms with Crippen LogP contribution in [0.25, 0.3) is 10.8 Å². The number of anilines is 1. The maximum atomic E-state index is 13.8. The minimum atomic E-state index is -0.350. The second-order valence-corrected chi connectivity index (χ2v) is 11.6. The first-order valence-electron chi connectivity index (χ1n) is 12.6. The highest BCUT2D eigenvalue weighted by atomic mass is 79.9. The van der Waals surface area contributed by atoms with Crippen molar-refractivity contribution in [2.75, 3.05) is 18.0 Å². The van der Waals surface area contributed by atoms with Gasteiger partial charge in [-0.05, 0) is 71.3 Å². The normalized spacial score (nSPS) is 13.2. The summed E-state index contributed by atoms with van der Waals surface area (Å²) in [6, 6.07) is 24.4. The average molecular weight is 569 g/mol. The number of carbonyl (C=O) groups is 3. The Balaban J connectivity index is 1.47. The third kappa shape index (κ3) is 4.65. The van der Waals surface area contributed by atoms with Crippen molar-refractivity contribution in [2.45, 2.75) is 33.1 Å². The molecule has 1 heterocycles. The number of imide groups is 1. The van der Waals surface area contributed by atoms with Gasteiger partial charge < -0.3 is 4.90 Å². The van der Waals surface area contributed by atoms with E-state index in [9.17, 15) is 14.4 Å². The Hall–Kier alpha value is -3.77. The predicted molar refractivity (Wildman–Crippen MR) is 155 cm³/mol. The molecule has 0 fully saturated rings. The molecule has 0 aromatic heterocycles. The van der Waals surface area contributed by atoms with Crippen molar-refractivity contribution >= 4 is 50.1 Å². The van der Waals surface area contributed by atoms with E-state index in [2.05, 4.69) is 36.7 Å². The van der Waals surface area contributed by atoms with Crippen molar-refractivity contribution in [1.82, 2.24) is 4.90 Å². The van der Waals surface area contributed by atoms with Gasteiger partial charge in [-0.2, -0.15) is 0 Å². The quantitative estimate of drug-likeness (QED) is 0.240. The largest absolute Gasteiger partial charge is 0.307 e. The molecule has 0 N–H and O–H groups in total. The molecule has 0 bridgehead atoms. The fourth-order valence-corrected chi connectivity index (χ4v) is 5.39. The van der Waals surface area contributed by atoms with E-state index in [0.717, 1.165) is 26.7 Å². The van der Waals surface area contributed by atoms with Crippen LogP contribution in [-0.2, 0) is 5.41 Å². The molecule has 0 saturated carbocycles. The molecule has 3 amide bonds. The zero-order chi connectivity index (χ0) is 27.2. The molecule has 0 saturated heterocycles. The smallest absolute Gasteiger partial charge is 0.261 e. The van der Waals surface area contributed by atoms with E-state index >= 15 is 0 Å². The number of hydrogen-bond acceptors (Lipinski definition) is 3. The van der Waals surface area contributed by atoms with E-state index < -0.39 is 0 Å². The maximum Gasteiger partial charge on any atom is 0.261 e. The molecule has 6 heteroatoms. The summed E-state index contributed by atoms with van der Waals surface area (Å²) < 4.78 is 0.834. The molecule has 0 atom stereocenters. The van der Waals surface area contributed by atoms with Crippen LogP contribution >= 0.6 is 15.9 Å². The molecular weight excluding hydrogens is 540 g/mol. The average Bonchev–Trinajstić information content (AvgIpc) is 2.89. The predicted octanol–water partition coefficient (Wildman–Crippen LogP) is 7.15. The number of nitrogens with zero attached hydrogens (tertiary/aromatic N) is 2. The molecule has 192 valence electrons. The lowest BCUT2D eigenvalue weighted by atomic mass is 9.86. The van der Waals surface area contributed by atoms with Gasteiger partial charge in [0.25, 0.3) is 17.7 Å². The number of hydrogen-bond donors (Lipinski definition) is 0. The number of amides is 3. The van der Waals surface area contributed by atoms with Crippen LogP contribution in [0.5, 0.6) is 0 Å². The topological polar surface area (TPSA) is 57.7 Å². The first kappa shape index (κ1) is 25.9. The number of aryl methyl sites for hydroxylation is 1. The third-order valence-electron chi connectivity index (χ3n) is 7.04. The highest BCUT2D eigenvalue weighted by Crippen LogP contribution is 2.34. The summed E-state index contributed by atoms with van der Waals surface area (Å²) in [7, 11) is 0. The molecular formula is C32H29BrN2O3. The van der Waals surface area contributed by atoms with Gasteiger partial charge in [-0.1, -0.05) is 73.1 Å². The van der Waals surface area contributed by atoms with Gasteiger partial charge in [0, 0.05) is 45.3 Å². The summed E-state index contributed by atoms with van der Waals surface area (Å²) in [4.78, 5) is 43.7. The molecule has 0 spiro atoms. The Morgan fingerprint density at radius 2 is 1.53 bits per heavy atom. The van der Waals surface area contributed by atoms with Crippen molar-refractivity contribution in [2.24, 2.45) is 0 Å². The van der Waals surface area contributed by atoms with Gasteiger partial charge in [-0.15, -0.1) is 0 Å². The molecule has 5 rings (SSSR count). The molecule has 0 radical (unpaired) electrons. The molecule has 4 aromatic rings. The van der Waals surface area contributed by atoms with E-state index in [4.69, 9.17) is 0 Å². The zero-order valence-electron chi connectivity index (χ0n) is 21.9. The Morgan fingerprint density at radius 3 is 2.18 bits per heavy atom.